The van der Waals surface area contributed by atoms with Crippen LogP contribution in [-0.2, 0) is 13.5 Å². The molecule has 3 aromatic heterocycles. The van der Waals surface area contributed by atoms with Crippen LogP contribution in [0.3, 0.4) is 0 Å². The van der Waals surface area contributed by atoms with E-state index in [9.17, 15) is 9.59 Å². The summed E-state index contributed by atoms with van der Waals surface area (Å²) in [6.45, 7) is 1.58. The topological polar surface area (TPSA) is 83.9 Å². The predicted molar refractivity (Wildman–Crippen MR) is 109 cm³/mol. The van der Waals surface area contributed by atoms with Crippen molar-refractivity contribution in [2.24, 2.45) is 7.05 Å². The monoisotopic (exact) mass is 415 g/mol. The Bertz CT molecular complexity index is 971. The smallest absolute Gasteiger partial charge is 0.270 e. The summed E-state index contributed by atoms with van der Waals surface area (Å²) in [6.07, 6.45) is 4.43. The highest BCUT2D eigenvalue weighted by atomic mass is 32.2. The molecule has 3 aromatic rings. The molecule has 1 fully saturated rings. The lowest BCUT2D eigenvalue weighted by atomic mass is 10.2. The highest BCUT2D eigenvalue weighted by Gasteiger charge is 2.22. The van der Waals surface area contributed by atoms with Crippen LogP contribution >= 0.6 is 23.1 Å². The van der Waals surface area contributed by atoms with Crippen LogP contribution in [0.2, 0.25) is 0 Å². The molecule has 0 aliphatic carbocycles. The van der Waals surface area contributed by atoms with Gasteiger partial charge in [-0.05, 0) is 30.4 Å². The Morgan fingerprint density at radius 1 is 1.29 bits per heavy atom. The maximum absolute atomic E-state index is 12.5. The largest absolute Gasteiger partial charge is 0.356 e. The van der Waals surface area contributed by atoms with Crippen molar-refractivity contribution in [1.82, 2.24) is 24.6 Å². The van der Waals surface area contributed by atoms with E-state index in [0.717, 1.165) is 38.2 Å². The lowest BCUT2D eigenvalue weighted by Gasteiger charge is -2.13. The van der Waals surface area contributed by atoms with Crippen LogP contribution in [-0.4, -0.2) is 55.2 Å². The molecule has 28 heavy (non-hydrogen) atoms. The van der Waals surface area contributed by atoms with Gasteiger partial charge in [0.25, 0.3) is 5.91 Å². The lowest BCUT2D eigenvalue weighted by molar-refractivity contribution is 0.0787. The van der Waals surface area contributed by atoms with E-state index in [-0.39, 0.29) is 17.4 Å². The molecule has 1 N–H and O–H groups in total. The number of ketones is 1. The Balaban J connectivity index is 1.36. The van der Waals surface area contributed by atoms with Gasteiger partial charge in [0.2, 0.25) is 0 Å². The van der Waals surface area contributed by atoms with Gasteiger partial charge < -0.3 is 14.5 Å². The molecule has 4 rings (SSSR count). The lowest BCUT2D eigenvalue weighted by Crippen LogP contribution is -2.27. The van der Waals surface area contributed by atoms with Crippen LogP contribution in [0.4, 0.5) is 0 Å². The highest BCUT2D eigenvalue weighted by molar-refractivity contribution is 7.99. The van der Waals surface area contributed by atoms with Gasteiger partial charge in [-0.25, -0.2) is 0 Å². The third-order valence-electron chi connectivity index (χ3n) is 4.80. The number of hydrogen-bond donors (Lipinski definition) is 1. The maximum atomic E-state index is 12.5. The Hall–Kier alpha value is -2.39. The molecule has 0 spiro atoms. The number of likely N-dealkylation sites (tertiary alicyclic amines) is 1. The molecular weight excluding hydrogens is 394 g/mol. The summed E-state index contributed by atoms with van der Waals surface area (Å²) in [4.78, 5) is 30.9. The number of hydrogen-bond acceptors (Lipinski definition) is 6. The molecule has 9 heteroatoms. The fraction of sp³-hybridized carbons (Fsp3) is 0.368. The molecule has 0 aromatic carbocycles. The molecular formula is C19H21N5O2S2. The zero-order valence-electron chi connectivity index (χ0n) is 15.6. The van der Waals surface area contributed by atoms with Crippen molar-refractivity contribution in [1.29, 1.82) is 0 Å². The maximum Gasteiger partial charge on any atom is 0.270 e. The zero-order valence-corrected chi connectivity index (χ0v) is 17.2. The number of aromatic amines is 1. The van der Waals surface area contributed by atoms with Crippen molar-refractivity contribution >= 4 is 34.8 Å². The van der Waals surface area contributed by atoms with Crippen molar-refractivity contribution in [3.63, 3.8) is 0 Å². The van der Waals surface area contributed by atoms with E-state index in [1.54, 1.807) is 23.6 Å². The second kappa shape index (κ2) is 8.32. The van der Waals surface area contributed by atoms with Gasteiger partial charge >= 0.3 is 0 Å². The first-order valence-electron chi connectivity index (χ1n) is 9.16. The molecule has 0 radical (unpaired) electrons. The Morgan fingerprint density at radius 3 is 2.86 bits per heavy atom. The number of carbonyl (C=O) groups excluding carboxylic acids is 2. The second-order valence-electron chi connectivity index (χ2n) is 6.73. The third-order valence-corrected chi connectivity index (χ3v) is 6.70. The van der Waals surface area contributed by atoms with Crippen molar-refractivity contribution in [3.8, 4) is 0 Å². The van der Waals surface area contributed by atoms with Gasteiger partial charge in [0.05, 0.1) is 5.75 Å². The first kappa shape index (κ1) is 18.9. The van der Waals surface area contributed by atoms with E-state index < -0.39 is 0 Å². The van der Waals surface area contributed by atoms with Crippen molar-refractivity contribution in [2.75, 3.05) is 18.8 Å². The minimum atomic E-state index is -0.0375. The summed E-state index contributed by atoms with van der Waals surface area (Å²) in [7, 11) is 1.92. The number of Topliss-reactive ketones (excluding diaryl/α,β-unsaturated/α-hetero) is 1. The fourth-order valence-corrected chi connectivity index (χ4v) is 4.70. The molecule has 0 unspecified atom stereocenters. The number of nitrogens with zero attached hydrogens (tertiary/aromatic N) is 4. The number of carbonyl (C=O) groups is 2. The van der Waals surface area contributed by atoms with Crippen LogP contribution in [0.25, 0.3) is 0 Å². The number of H-pyrrole nitrogens is 1. The summed E-state index contributed by atoms with van der Waals surface area (Å²) in [5.74, 6) is 1.05. The molecule has 4 heterocycles. The van der Waals surface area contributed by atoms with Gasteiger partial charge in [-0.1, -0.05) is 17.8 Å². The van der Waals surface area contributed by atoms with E-state index in [1.807, 2.05) is 28.0 Å². The first-order valence-corrected chi connectivity index (χ1v) is 11.0. The number of amides is 1. The summed E-state index contributed by atoms with van der Waals surface area (Å²) < 4.78 is 1.93. The van der Waals surface area contributed by atoms with Crippen LogP contribution in [0.15, 0.2) is 34.9 Å². The van der Waals surface area contributed by atoms with Crippen molar-refractivity contribution in [3.05, 3.63) is 51.7 Å². The highest BCUT2D eigenvalue weighted by Crippen LogP contribution is 2.21. The van der Waals surface area contributed by atoms with E-state index in [2.05, 4.69) is 21.2 Å². The van der Waals surface area contributed by atoms with Crippen LogP contribution < -0.4 is 0 Å². The Labute approximate surface area is 171 Å². The van der Waals surface area contributed by atoms with Gasteiger partial charge in [0.1, 0.15) is 11.5 Å². The molecule has 146 valence electrons. The normalized spacial score (nSPS) is 14.0. The minimum absolute atomic E-state index is 0.0317. The molecule has 0 bridgehead atoms. The quantitative estimate of drug-likeness (QED) is 0.474. The van der Waals surface area contributed by atoms with E-state index in [4.69, 9.17) is 0 Å². The predicted octanol–water partition coefficient (Wildman–Crippen LogP) is 3.01. The van der Waals surface area contributed by atoms with Gasteiger partial charge in [-0.3, -0.25) is 9.59 Å². The van der Waals surface area contributed by atoms with E-state index in [1.165, 1.54) is 16.6 Å². The number of nitrogens with one attached hydrogen (secondary N) is 1. The molecule has 0 saturated carbocycles. The average Bonchev–Trinajstić information content (AvgIpc) is 3.49. The number of aromatic nitrogens is 4. The number of thiophene rings is 1. The minimum Gasteiger partial charge on any atom is -0.356 e. The van der Waals surface area contributed by atoms with E-state index in [0.29, 0.717) is 16.4 Å². The summed E-state index contributed by atoms with van der Waals surface area (Å²) in [5, 5.41) is 11.2. The van der Waals surface area contributed by atoms with Gasteiger partial charge in [0, 0.05) is 43.2 Å². The van der Waals surface area contributed by atoms with Gasteiger partial charge in [0.15, 0.2) is 10.9 Å². The third kappa shape index (κ3) is 4.05. The molecule has 1 aliphatic rings. The van der Waals surface area contributed by atoms with Crippen LogP contribution in [0.1, 0.15) is 44.4 Å². The average molecular weight is 416 g/mol. The summed E-state index contributed by atoms with van der Waals surface area (Å²) in [5.41, 5.74) is 1.00. The molecule has 7 nitrogen and oxygen atoms in total. The van der Waals surface area contributed by atoms with E-state index >= 15 is 0 Å². The summed E-state index contributed by atoms with van der Waals surface area (Å²) >= 11 is 3.05. The SMILES string of the molecule is Cn1c(Cc2cccs2)nnc1SCC(=O)c1c[nH]c(C(=O)N2CCCC2)c1. The van der Waals surface area contributed by atoms with Crippen molar-refractivity contribution in [2.45, 2.75) is 24.4 Å². The molecule has 1 aliphatic heterocycles. The molecule has 1 amide bonds. The number of thioether (sulfide) groups is 1. The van der Waals surface area contributed by atoms with Gasteiger partial charge in [-0.15, -0.1) is 21.5 Å². The second-order valence-corrected chi connectivity index (χ2v) is 8.70. The Kier molecular flexibility index (Phi) is 5.63. The Morgan fingerprint density at radius 2 is 2.11 bits per heavy atom. The first-order chi connectivity index (χ1) is 13.6. The number of rotatable bonds is 7. The summed E-state index contributed by atoms with van der Waals surface area (Å²) in [6, 6.07) is 5.75. The van der Waals surface area contributed by atoms with Crippen LogP contribution in [0, 0.1) is 0 Å². The zero-order chi connectivity index (χ0) is 19.5. The standard InChI is InChI=1S/C19H21N5O2S2/c1-23-17(10-14-5-4-8-27-14)21-22-19(23)28-12-16(25)13-9-15(20-11-13)18(26)24-6-2-3-7-24/h4-5,8-9,11,20H,2-3,6-7,10,12H2,1H3. The van der Waals surface area contributed by atoms with Crippen molar-refractivity contribution < 1.29 is 9.59 Å². The molecule has 1 saturated heterocycles. The fourth-order valence-electron chi connectivity index (χ4n) is 3.18. The molecule has 0 atom stereocenters. The van der Waals surface area contributed by atoms with Gasteiger partial charge in [-0.2, -0.15) is 0 Å². The van der Waals surface area contributed by atoms with Crippen LogP contribution in [0.5, 0.6) is 0 Å².